The van der Waals surface area contributed by atoms with Crippen LogP contribution in [0.15, 0.2) is 24.3 Å². The molecule has 76 valence electrons. The predicted octanol–water partition coefficient (Wildman–Crippen LogP) is 0.725. The third-order valence-corrected chi connectivity index (χ3v) is 2.13. The second-order valence-corrected chi connectivity index (χ2v) is 3.23. The lowest BCUT2D eigenvalue weighted by molar-refractivity contribution is -0.118. The first-order valence-electron chi connectivity index (χ1n) is 4.32. The SMILES string of the molecule is O=C(CS)NCc1ccc(CO)cc1. The number of aliphatic hydroxyl groups excluding tert-OH is 1. The van der Waals surface area contributed by atoms with Gasteiger partial charge < -0.3 is 10.4 Å². The first kappa shape index (κ1) is 11.1. The molecule has 0 atom stereocenters. The van der Waals surface area contributed by atoms with Crippen molar-refractivity contribution < 1.29 is 9.90 Å². The highest BCUT2D eigenvalue weighted by atomic mass is 32.1. The van der Waals surface area contributed by atoms with Crippen LogP contribution in [0.5, 0.6) is 0 Å². The van der Waals surface area contributed by atoms with Crippen LogP contribution in [0.1, 0.15) is 11.1 Å². The number of amides is 1. The first-order valence-corrected chi connectivity index (χ1v) is 4.95. The van der Waals surface area contributed by atoms with Crippen LogP contribution in [0.3, 0.4) is 0 Å². The van der Waals surface area contributed by atoms with Gasteiger partial charge in [-0.3, -0.25) is 4.79 Å². The fourth-order valence-corrected chi connectivity index (χ4v) is 1.13. The number of aliphatic hydroxyl groups is 1. The van der Waals surface area contributed by atoms with Gasteiger partial charge in [0.15, 0.2) is 0 Å². The second-order valence-electron chi connectivity index (χ2n) is 2.91. The monoisotopic (exact) mass is 211 g/mol. The number of nitrogens with one attached hydrogen (secondary N) is 1. The third kappa shape index (κ3) is 3.40. The molecule has 1 rings (SSSR count). The Hall–Kier alpha value is -1.00. The topological polar surface area (TPSA) is 49.3 Å². The number of rotatable bonds is 4. The standard InChI is InChI=1S/C10H13NO2S/c12-6-9-3-1-8(2-4-9)5-11-10(13)7-14/h1-4,12,14H,5-7H2,(H,11,13). The highest BCUT2D eigenvalue weighted by molar-refractivity contribution is 7.81. The number of thiol groups is 1. The molecular formula is C10H13NO2S. The van der Waals surface area contributed by atoms with Gasteiger partial charge in [0.05, 0.1) is 12.4 Å². The van der Waals surface area contributed by atoms with E-state index in [1.165, 1.54) is 0 Å². The zero-order chi connectivity index (χ0) is 10.4. The molecule has 0 fully saturated rings. The molecule has 0 aliphatic heterocycles. The van der Waals surface area contributed by atoms with Crippen LogP contribution >= 0.6 is 12.6 Å². The van der Waals surface area contributed by atoms with Gasteiger partial charge in [0, 0.05) is 6.54 Å². The summed E-state index contributed by atoms with van der Waals surface area (Å²) in [4.78, 5) is 10.9. The molecular weight excluding hydrogens is 198 g/mol. The molecule has 0 unspecified atom stereocenters. The van der Waals surface area contributed by atoms with E-state index in [1.807, 2.05) is 24.3 Å². The Morgan fingerprint density at radius 3 is 2.36 bits per heavy atom. The second kappa shape index (κ2) is 5.67. The largest absolute Gasteiger partial charge is 0.392 e. The average molecular weight is 211 g/mol. The normalized spacial score (nSPS) is 9.86. The van der Waals surface area contributed by atoms with Crippen LogP contribution in [0.25, 0.3) is 0 Å². The van der Waals surface area contributed by atoms with Gasteiger partial charge in [0.2, 0.25) is 5.91 Å². The third-order valence-electron chi connectivity index (χ3n) is 1.84. The van der Waals surface area contributed by atoms with Crippen LogP contribution in [0, 0.1) is 0 Å². The summed E-state index contributed by atoms with van der Waals surface area (Å²) in [5, 5.41) is 11.5. The molecule has 4 heteroatoms. The van der Waals surface area contributed by atoms with Crippen molar-refractivity contribution >= 4 is 18.5 Å². The van der Waals surface area contributed by atoms with Gasteiger partial charge in [0.25, 0.3) is 0 Å². The smallest absolute Gasteiger partial charge is 0.229 e. The predicted molar refractivity (Wildman–Crippen MR) is 58.1 cm³/mol. The Labute approximate surface area is 88.6 Å². The number of hydrogen-bond acceptors (Lipinski definition) is 3. The minimum absolute atomic E-state index is 0.0449. The Bertz CT molecular complexity index is 297. The Morgan fingerprint density at radius 1 is 1.29 bits per heavy atom. The van der Waals surface area contributed by atoms with Crippen molar-refractivity contribution in [3.8, 4) is 0 Å². The van der Waals surface area contributed by atoms with Crippen LogP contribution < -0.4 is 5.32 Å². The maximum Gasteiger partial charge on any atom is 0.229 e. The molecule has 0 saturated heterocycles. The molecule has 1 aromatic carbocycles. The van der Waals surface area contributed by atoms with Gasteiger partial charge in [-0.15, -0.1) is 0 Å². The van der Waals surface area contributed by atoms with Crippen molar-refractivity contribution in [3.05, 3.63) is 35.4 Å². The van der Waals surface area contributed by atoms with Gasteiger partial charge in [-0.2, -0.15) is 12.6 Å². The van der Waals surface area contributed by atoms with E-state index in [1.54, 1.807) is 0 Å². The first-order chi connectivity index (χ1) is 6.76. The maximum absolute atomic E-state index is 10.9. The molecule has 0 radical (unpaired) electrons. The Morgan fingerprint density at radius 2 is 1.86 bits per heavy atom. The van der Waals surface area contributed by atoms with E-state index in [9.17, 15) is 4.79 Å². The van der Waals surface area contributed by atoms with Gasteiger partial charge in [-0.1, -0.05) is 24.3 Å². The molecule has 0 aliphatic carbocycles. The lowest BCUT2D eigenvalue weighted by Gasteiger charge is -2.03. The molecule has 2 N–H and O–H groups in total. The highest BCUT2D eigenvalue weighted by Crippen LogP contribution is 2.03. The van der Waals surface area contributed by atoms with E-state index < -0.39 is 0 Å². The number of carbonyl (C=O) groups excluding carboxylic acids is 1. The van der Waals surface area contributed by atoms with E-state index in [2.05, 4.69) is 17.9 Å². The highest BCUT2D eigenvalue weighted by Gasteiger charge is 1.97. The fourth-order valence-electron chi connectivity index (χ4n) is 1.02. The van der Waals surface area contributed by atoms with Crippen LogP contribution in [0.4, 0.5) is 0 Å². The molecule has 0 saturated carbocycles. The summed E-state index contributed by atoms with van der Waals surface area (Å²) in [7, 11) is 0. The maximum atomic E-state index is 10.9. The van der Waals surface area contributed by atoms with Crippen molar-refractivity contribution in [2.45, 2.75) is 13.2 Å². The molecule has 0 aromatic heterocycles. The molecule has 1 amide bonds. The summed E-state index contributed by atoms with van der Waals surface area (Å²) in [5.74, 6) is 0.119. The van der Waals surface area contributed by atoms with Crippen molar-refractivity contribution in [2.75, 3.05) is 5.75 Å². The zero-order valence-electron chi connectivity index (χ0n) is 7.73. The van der Waals surface area contributed by atoms with Crippen molar-refractivity contribution in [1.29, 1.82) is 0 Å². The summed E-state index contributed by atoms with van der Waals surface area (Å²) >= 11 is 3.85. The Balaban J connectivity index is 2.47. The molecule has 0 aliphatic rings. The molecule has 0 heterocycles. The summed E-state index contributed by atoms with van der Waals surface area (Å²) in [6.07, 6.45) is 0. The van der Waals surface area contributed by atoms with E-state index in [-0.39, 0.29) is 18.3 Å². The minimum atomic E-state index is -0.0837. The summed E-state index contributed by atoms with van der Waals surface area (Å²) in [6, 6.07) is 7.43. The summed E-state index contributed by atoms with van der Waals surface area (Å²) in [6.45, 7) is 0.550. The van der Waals surface area contributed by atoms with Gasteiger partial charge in [-0.25, -0.2) is 0 Å². The van der Waals surface area contributed by atoms with E-state index in [0.717, 1.165) is 11.1 Å². The Kier molecular flexibility index (Phi) is 4.49. The summed E-state index contributed by atoms with van der Waals surface area (Å²) < 4.78 is 0. The van der Waals surface area contributed by atoms with Gasteiger partial charge >= 0.3 is 0 Å². The molecule has 14 heavy (non-hydrogen) atoms. The number of hydrogen-bond donors (Lipinski definition) is 3. The molecule has 0 bridgehead atoms. The van der Waals surface area contributed by atoms with E-state index in [0.29, 0.717) is 6.54 Å². The minimum Gasteiger partial charge on any atom is -0.392 e. The fraction of sp³-hybridized carbons (Fsp3) is 0.300. The molecule has 3 nitrogen and oxygen atoms in total. The van der Waals surface area contributed by atoms with E-state index in [4.69, 9.17) is 5.11 Å². The lowest BCUT2D eigenvalue weighted by atomic mass is 10.1. The lowest BCUT2D eigenvalue weighted by Crippen LogP contribution is -2.23. The van der Waals surface area contributed by atoms with Gasteiger partial charge in [0.1, 0.15) is 0 Å². The van der Waals surface area contributed by atoms with Crippen molar-refractivity contribution in [1.82, 2.24) is 5.32 Å². The number of carbonyl (C=O) groups is 1. The molecule has 1 aromatic rings. The zero-order valence-corrected chi connectivity index (χ0v) is 8.63. The number of benzene rings is 1. The van der Waals surface area contributed by atoms with Crippen LogP contribution in [-0.2, 0) is 17.9 Å². The molecule has 0 spiro atoms. The van der Waals surface area contributed by atoms with Gasteiger partial charge in [-0.05, 0) is 11.1 Å². The van der Waals surface area contributed by atoms with Crippen LogP contribution in [0.2, 0.25) is 0 Å². The van der Waals surface area contributed by atoms with E-state index >= 15 is 0 Å². The van der Waals surface area contributed by atoms with Crippen LogP contribution in [-0.4, -0.2) is 16.8 Å². The summed E-state index contributed by atoms with van der Waals surface area (Å²) in [5.41, 5.74) is 1.88. The average Bonchev–Trinajstić information content (AvgIpc) is 2.26. The quantitative estimate of drug-likeness (QED) is 0.643. The van der Waals surface area contributed by atoms with Crippen molar-refractivity contribution in [2.24, 2.45) is 0 Å². The van der Waals surface area contributed by atoms with Crippen molar-refractivity contribution in [3.63, 3.8) is 0 Å².